The predicted molar refractivity (Wildman–Crippen MR) is 103 cm³/mol. The van der Waals surface area contributed by atoms with Crippen LogP contribution in [0.25, 0.3) is 0 Å². The first-order valence-electron chi connectivity index (χ1n) is 9.87. The van der Waals surface area contributed by atoms with Gasteiger partial charge in [0.25, 0.3) is 0 Å². The van der Waals surface area contributed by atoms with Gasteiger partial charge < -0.3 is 14.4 Å². The van der Waals surface area contributed by atoms with E-state index in [1.54, 1.807) is 11.0 Å². The molecule has 0 spiro atoms. The van der Waals surface area contributed by atoms with Crippen molar-refractivity contribution in [2.24, 2.45) is 0 Å². The van der Waals surface area contributed by atoms with E-state index in [9.17, 15) is 22.8 Å². The molecule has 4 rings (SSSR count). The van der Waals surface area contributed by atoms with E-state index in [1.165, 1.54) is 16.4 Å². The molecular weight excluding hydrogens is 414 g/mol. The third-order valence-electron chi connectivity index (χ3n) is 5.45. The highest BCUT2D eigenvalue weighted by atomic mass is 32.2. The molecule has 2 fully saturated rings. The fraction of sp³-hybridized carbons (Fsp3) is 0.526. The topological polar surface area (TPSA) is 114 Å². The van der Waals surface area contributed by atoms with Gasteiger partial charge in [-0.1, -0.05) is 0 Å². The van der Waals surface area contributed by atoms with Gasteiger partial charge >= 0.3 is 0 Å². The zero-order valence-corrected chi connectivity index (χ0v) is 17.2. The molecule has 0 aliphatic carbocycles. The Morgan fingerprint density at radius 3 is 2.23 bits per heavy atom. The lowest BCUT2D eigenvalue weighted by atomic mass is 10.3. The Labute approximate surface area is 174 Å². The summed E-state index contributed by atoms with van der Waals surface area (Å²) < 4.78 is 38.2. The number of carbonyl (C=O) groups excluding carboxylic acids is 3. The average molecular weight is 437 g/mol. The maximum Gasteiger partial charge on any atom is 0.243 e. The van der Waals surface area contributed by atoms with E-state index in [4.69, 9.17) is 9.47 Å². The highest BCUT2D eigenvalue weighted by molar-refractivity contribution is 7.89. The number of carbonyl (C=O) groups is 3. The fourth-order valence-corrected chi connectivity index (χ4v) is 5.19. The van der Waals surface area contributed by atoms with E-state index in [0.717, 1.165) is 4.90 Å². The lowest BCUT2D eigenvalue weighted by Crippen LogP contribution is -2.51. The molecule has 3 aliphatic heterocycles. The van der Waals surface area contributed by atoms with Crippen molar-refractivity contribution in [2.75, 3.05) is 45.9 Å². The quantitative estimate of drug-likeness (QED) is 0.588. The summed E-state index contributed by atoms with van der Waals surface area (Å²) in [6.07, 6.45) is 0.444. The van der Waals surface area contributed by atoms with Gasteiger partial charge in [0.15, 0.2) is 11.5 Å². The largest absolute Gasteiger partial charge is 0.486 e. The normalized spacial score (nSPS) is 20.0. The van der Waals surface area contributed by atoms with Crippen molar-refractivity contribution in [3.05, 3.63) is 18.2 Å². The number of hydrogen-bond donors (Lipinski definition) is 0. The molecule has 0 saturated carbocycles. The van der Waals surface area contributed by atoms with Gasteiger partial charge in [0.05, 0.1) is 4.90 Å². The van der Waals surface area contributed by atoms with Gasteiger partial charge in [0.2, 0.25) is 27.7 Å². The third-order valence-corrected chi connectivity index (χ3v) is 7.34. The van der Waals surface area contributed by atoms with Crippen molar-refractivity contribution in [1.29, 1.82) is 0 Å². The van der Waals surface area contributed by atoms with Crippen LogP contribution in [0.2, 0.25) is 0 Å². The third kappa shape index (κ3) is 3.99. The van der Waals surface area contributed by atoms with Crippen LogP contribution in [0.3, 0.4) is 0 Å². The lowest BCUT2D eigenvalue weighted by molar-refractivity contribution is -0.139. The van der Waals surface area contributed by atoms with Crippen molar-refractivity contribution in [3.8, 4) is 11.5 Å². The summed E-state index contributed by atoms with van der Waals surface area (Å²) >= 11 is 0. The smallest absolute Gasteiger partial charge is 0.243 e. The lowest BCUT2D eigenvalue weighted by Gasteiger charge is -2.34. The number of fused-ring (bicyclic) bond motifs is 1. The van der Waals surface area contributed by atoms with Crippen molar-refractivity contribution >= 4 is 27.7 Å². The van der Waals surface area contributed by atoms with E-state index in [2.05, 4.69) is 0 Å². The molecule has 0 bridgehead atoms. The fourth-order valence-electron chi connectivity index (χ4n) is 3.75. The molecule has 0 N–H and O–H groups in total. The molecule has 2 saturated heterocycles. The van der Waals surface area contributed by atoms with Gasteiger partial charge in [-0.2, -0.15) is 4.31 Å². The second-order valence-corrected chi connectivity index (χ2v) is 9.22. The molecule has 1 aromatic rings. The molecule has 162 valence electrons. The number of imide groups is 1. The van der Waals surface area contributed by atoms with Crippen molar-refractivity contribution in [3.63, 3.8) is 0 Å². The zero-order chi connectivity index (χ0) is 21.3. The number of rotatable bonds is 5. The number of hydrogen-bond acceptors (Lipinski definition) is 7. The number of benzene rings is 1. The Morgan fingerprint density at radius 1 is 0.933 bits per heavy atom. The number of nitrogens with zero attached hydrogens (tertiary/aromatic N) is 3. The van der Waals surface area contributed by atoms with Crippen molar-refractivity contribution in [1.82, 2.24) is 14.1 Å². The van der Waals surface area contributed by atoms with E-state index in [1.807, 2.05) is 0 Å². The van der Waals surface area contributed by atoms with Crippen LogP contribution in [0.1, 0.15) is 19.3 Å². The second kappa shape index (κ2) is 8.23. The standard InChI is InChI=1S/C19H23N3O7S/c23-17(5-6-22-18(24)3-4-19(22)25)20-7-9-21(10-8-20)30(26,27)14-1-2-15-16(13-14)29-12-11-28-15/h1-2,13H,3-12H2. The molecule has 30 heavy (non-hydrogen) atoms. The minimum atomic E-state index is -3.72. The summed E-state index contributed by atoms with van der Waals surface area (Å²) in [5.74, 6) is 0.234. The summed E-state index contributed by atoms with van der Waals surface area (Å²) in [7, 11) is -3.72. The molecule has 0 radical (unpaired) electrons. The monoisotopic (exact) mass is 437 g/mol. The summed E-state index contributed by atoms with van der Waals surface area (Å²) in [5, 5.41) is 0. The Bertz CT molecular complexity index is 954. The molecule has 3 amide bonds. The van der Waals surface area contributed by atoms with Gasteiger partial charge in [-0.15, -0.1) is 0 Å². The molecule has 0 aromatic heterocycles. The molecular formula is C19H23N3O7S. The van der Waals surface area contributed by atoms with Crippen molar-refractivity contribution < 1.29 is 32.3 Å². The maximum absolute atomic E-state index is 13.0. The SMILES string of the molecule is O=C(CCN1C(=O)CCC1=O)N1CCN(S(=O)(=O)c2ccc3c(c2)OCCO3)CC1. The molecule has 0 unspecified atom stereocenters. The van der Waals surface area contributed by atoms with Crippen LogP contribution in [-0.4, -0.2) is 86.2 Å². The molecule has 3 aliphatic rings. The van der Waals surface area contributed by atoms with Crippen LogP contribution >= 0.6 is 0 Å². The molecule has 11 heteroatoms. The van der Waals surface area contributed by atoms with E-state index >= 15 is 0 Å². The first kappa shape index (κ1) is 20.6. The average Bonchev–Trinajstić information content (AvgIpc) is 3.09. The molecule has 0 atom stereocenters. The summed E-state index contributed by atoms with van der Waals surface area (Å²) in [6, 6.07) is 4.54. The van der Waals surface area contributed by atoms with E-state index < -0.39 is 10.0 Å². The second-order valence-electron chi connectivity index (χ2n) is 7.28. The zero-order valence-electron chi connectivity index (χ0n) is 16.4. The number of likely N-dealkylation sites (tertiary alicyclic amines) is 1. The Kier molecular flexibility index (Phi) is 5.65. The van der Waals surface area contributed by atoms with Crippen LogP contribution in [0.15, 0.2) is 23.1 Å². The van der Waals surface area contributed by atoms with Gasteiger partial charge in [0, 0.05) is 58.1 Å². The van der Waals surface area contributed by atoms with Crippen LogP contribution in [0, 0.1) is 0 Å². The van der Waals surface area contributed by atoms with Gasteiger partial charge in [-0.25, -0.2) is 8.42 Å². The van der Waals surface area contributed by atoms with Crippen LogP contribution in [0.5, 0.6) is 11.5 Å². The molecule has 3 heterocycles. The van der Waals surface area contributed by atoms with Gasteiger partial charge in [0.1, 0.15) is 13.2 Å². The summed E-state index contributed by atoms with van der Waals surface area (Å²) in [5.41, 5.74) is 0. The number of piperazine rings is 1. The van der Waals surface area contributed by atoms with E-state index in [-0.39, 0.29) is 74.6 Å². The molecule has 10 nitrogen and oxygen atoms in total. The van der Waals surface area contributed by atoms with Gasteiger partial charge in [-0.05, 0) is 12.1 Å². The Balaban J connectivity index is 1.34. The number of ether oxygens (including phenoxy) is 2. The number of sulfonamides is 1. The Morgan fingerprint density at radius 2 is 1.57 bits per heavy atom. The first-order valence-corrected chi connectivity index (χ1v) is 11.3. The highest BCUT2D eigenvalue weighted by Crippen LogP contribution is 2.33. The van der Waals surface area contributed by atoms with Crippen molar-refractivity contribution in [2.45, 2.75) is 24.2 Å². The van der Waals surface area contributed by atoms with Crippen LogP contribution in [-0.2, 0) is 24.4 Å². The highest BCUT2D eigenvalue weighted by Gasteiger charge is 2.33. The Hall–Kier alpha value is -2.66. The van der Waals surface area contributed by atoms with E-state index in [0.29, 0.717) is 24.7 Å². The number of amides is 3. The minimum absolute atomic E-state index is 0.0480. The van der Waals surface area contributed by atoms with Gasteiger partial charge in [-0.3, -0.25) is 19.3 Å². The minimum Gasteiger partial charge on any atom is -0.486 e. The summed E-state index contributed by atoms with van der Waals surface area (Å²) in [6.45, 7) is 1.72. The van der Waals surface area contributed by atoms with Crippen LogP contribution in [0.4, 0.5) is 0 Å². The maximum atomic E-state index is 13.0. The first-order chi connectivity index (χ1) is 14.4. The molecule has 1 aromatic carbocycles. The summed E-state index contributed by atoms with van der Waals surface area (Å²) in [4.78, 5) is 38.5. The predicted octanol–water partition coefficient (Wildman–Crippen LogP) is -0.170. The van der Waals surface area contributed by atoms with Crippen LogP contribution < -0.4 is 9.47 Å².